The first-order valence-electron chi connectivity index (χ1n) is 17.0. The van der Waals surface area contributed by atoms with Crippen molar-refractivity contribution < 1.29 is 29.3 Å². The van der Waals surface area contributed by atoms with Crippen molar-refractivity contribution in [1.29, 1.82) is 0 Å². The molecule has 0 aliphatic carbocycles. The van der Waals surface area contributed by atoms with Crippen molar-refractivity contribution in [1.82, 2.24) is 34.6 Å². The van der Waals surface area contributed by atoms with Gasteiger partial charge in [0.2, 0.25) is 17.7 Å². The molecule has 0 amide bonds. The second-order valence-electron chi connectivity index (χ2n) is 12.2. The lowest BCUT2D eigenvalue weighted by Gasteiger charge is -2.26. The fourth-order valence-corrected chi connectivity index (χ4v) is 6.43. The summed E-state index contributed by atoms with van der Waals surface area (Å²) in [4.78, 5) is 25.2. The van der Waals surface area contributed by atoms with Gasteiger partial charge in [0.05, 0.1) is 6.33 Å². The Morgan fingerprint density at radius 1 is 0.940 bits per heavy atom. The smallest absolute Gasteiger partial charge is 0.290 e. The molecular formula is C35H43N9O6. The average Bonchev–Trinajstić information content (AvgIpc) is 3.88. The largest absolute Gasteiger partial charge is 0.483 e. The standard InChI is InChI=1S/C34H41N9O4.CH2O2/c1-2-25-40-41-32(46-25)29-27(44)28(45)33(47-29)43-21-37-26-30(38-34(39-31(26)43)35-16-19-42-17-10-5-11-18-42)36-20-24(22-12-6-3-7-13-22)23-14-8-4-9-15-23;2-1-3/h3-4,6-9,12-15,21,24,27-29,33,44-45H,2,5,10-11,16-20H2,1H3,(H2,35,36,38,39);1H,(H,2,3)/t27-,28+,29-,33+;/m0./s1. The molecule has 5 heterocycles. The molecule has 2 saturated heterocycles. The number of anilines is 2. The molecule has 0 saturated carbocycles. The topological polar surface area (TPSA) is 197 Å². The van der Waals surface area contributed by atoms with Gasteiger partial charge in [-0.1, -0.05) is 74.0 Å². The minimum absolute atomic E-state index is 0.0540. The van der Waals surface area contributed by atoms with Crippen molar-refractivity contribution in [2.75, 3.05) is 43.4 Å². The highest BCUT2D eigenvalue weighted by Gasteiger charge is 2.47. The Hall–Kier alpha value is -4.96. The molecule has 2 aliphatic heterocycles. The number of benzene rings is 2. The van der Waals surface area contributed by atoms with Gasteiger partial charge >= 0.3 is 0 Å². The molecule has 5 N–H and O–H groups in total. The molecule has 15 heteroatoms. The maximum Gasteiger partial charge on any atom is 0.290 e. The normalized spacial score (nSPS) is 20.8. The fourth-order valence-electron chi connectivity index (χ4n) is 6.43. The molecule has 0 radical (unpaired) electrons. The highest BCUT2D eigenvalue weighted by molar-refractivity contribution is 5.84. The van der Waals surface area contributed by atoms with Crippen LogP contribution in [0.1, 0.15) is 67.3 Å². The number of rotatable bonds is 12. The van der Waals surface area contributed by atoms with Crippen LogP contribution in [0.2, 0.25) is 0 Å². The van der Waals surface area contributed by atoms with Crippen LogP contribution < -0.4 is 10.6 Å². The first-order valence-corrected chi connectivity index (χ1v) is 17.0. The Bertz CT molecular complexity index is 1760. The van der Waals surface area contributed by atoms with Crippen molar-refractivity contribution in [3.8, 4) is 0 Å². The van der Waals surface area contributed by atoms with Gasteiger partial charge in [-0.05, 0) is 37.1 Å². The summed E-state index contributed by atoms with van der Waals surface area (Å²) < 4.78 is 13.4. The van der Waals surface area contributed by atoms with Crippen LogP contribution in [0, 0.1) is 0 Å². The van der Waals surface area contributed by atoms with Crippen LogP contribution in [0.4, 0.5) is 11.8 Å². The first kappa shape index (κ1) is 34.9. The summed E-state index contributed by atoms with van der Waals surface area (Å²) in [6.07, 6.45) is 1.25. The number of nitrogens with zero attached hydrogens (tertiary/aromatic N) is 7. The molecule has 0 bridgehead atoms. The maximum absolute atomic E-state index is 11.1. The Morgan fingerprint density at radius 2 is 1.62 bits per heavy atom. The van der Waals surface area contributed by atoms with Crippen LogP contribution in [0.5, 0.6) is 0 Å². The molecule has 2 aromatic carbocycles. The van der Waals surface area contributed by atoms with Crippen molar-refractivity contribution in [3.05, 3.63) is 89.9 Å². The van der Waals surface area contributed by atoms with E-state index >= 15 is 0 Å². The van der Waals surface area contributed by atoms with Gasteiger partial charge in [-0.15, -0.1) is 10.2 Å². The fraction of sp³-hybridized carbons (Fsp3) is 0.429. The lowest BCUT2D eigenvalue weighted by atomic mass is 9.91. The van der Waals surface area contributed by atoms with Gasteiger partial charge in [-0.2, -0.15) is 9.97 Å². The number of piperidine rings is 1. The van der Waals surface area contributed by atoms with Crippen LogP contribution in [0.25, 0.3) is 11.2 Å². The molecule has 264 valence electrons. The number of aromatic nitrogens is 6. The van der Waals surface area contributed by atoms with Crippen molar-refractivity contribution >= 4 is 29.4 Å². The summed E-state index contributed by atoms with van der Waals surface area (Å²) in [5.74, 6) is 1.59. The molecule has 2 aliphatic rings. The predicted octanol–water partition coefficient (Wildman–Crippen LogP) is 3.61. The third-order valence-corrected chi connectivity index (χ3v) is 9.00. The number of ether oxygens (including phenoxy) is 1. The first-order chi connectivity index (χ1) is 24.5. The summed E-state index contributed by atoms with van der Waals surface area (Å²) in [6.45, 7) is 5.96. The van der Waals surface area contributed by atoms with Crippen molar-refractivity contribution in [2.45, 2.75) is 63.1 Å². The number of aliphatic hydroxyl groups excluding tert-OH is 2. The molecule has 15 nitrogen and oxygen atoms in total. The van der Waals surface area contributed by atoms with E-state index in [1.165, 1.54) is 30.4 Å². The van der Waals surface area contributed by atoms with Gasteiger partial charge in [0.25, 0.3) is 6.47 Å². The van der Waals surface area contributed by atoms with E-state index in [1.807, 2.05) is 43.3 Å². The van der Waals surface area contributed by atoms with Crippen molar-refractivity contribution in [3.63, 3.8) is 0 Å². The number of fused-ring (bicyclic) bond motifs is 1. The van der Waals surface area contributed by atoms with Crippen LogP contribution in [-0.2, 0) is 16.0 Å². The number of nitrogens with one attached hydrogen (secondary N) is 2. The van der Waals surface area contributed by atoms with Gasteiger partial charge in [0.15, 0.2) is 29.3 Å². The maximum atomic E-state index is 11.1. The Balaban J connectivity index is 0.00000139. The molecule has 5 aromatic rings. The number of likely N-dealkylation sites (tertiary alicyclic amines) is 1. The molecular weight excluding hydrogens is 642 g/mol. The monoisotopic (exact) mass is 685 g/mol. The van der Waals surface area contributed by atoms with Crippen LogP contribution >= 0.6 is 0 Å². The van der Waals surface area contributed by atoms with E-state index in [1.54, 1.807) is 10.9 Å². The summed E-state index contributed by atoms with van der Waals surface area (Å²) in [5.41, 5.74) is 3.33. The van der Waals surface area contributed by atoms with Gasteiger partial charge in [-0.3, -0.25) is 9.36 Å². The minimum Gasteiger partial charge on any atom is -0.483 e. The lowest BCUT2D eigenvalue weighted by molar-refractivity contribution is -0.122. The highest BCUT2D eigenvalue weighted by atomic mass is 16.6. The van der Waals surface area contributed by atoms with Gasteiger partial charge in [0, 0.05) is 32.0 Å². The van der Waals surface area contributed by atoms with E-state index in [2.05, 4.69) is 55.0 Å². The minimum atomic E-state index is -1.29. The molecule has 4 atom stereocenters. The van der Waals surface area contributed by atoms with E-state index in [-0.39, 0.29) is 18.3 Å². The van der Waals surface area contributed by atoms with E-state index in [9.17, 15) is 10.2 Å². The number of aryl methyl sites for hydroxylation is 1. The van der Waals surface area contributed by atoms with E-state index in [0.29, 0.717) is 48.3 Å². The molecule has 0 unspecified atom stereocenters. The van der Waals surface area contributed by atoms with E-state index in [4.69, 9.17) is 29.0 Å². The zero-order chi connectivity index (χ0) is 34.9. The SMILES string of the molecule is CCc1nnc([C@H]2O[C@@H](n3cnc4c(NCC(c5ccccc5)c5ccccc5)nc(NCCN5CCCCC5)nc43)[C@H](O)[C@@H]2O)o1.O=CO. The Morgan fingerprint density at radius 3 is 2.26 bits per heavy atom. The Labute approximate surface area is 289 Å². The number of imidazole rings is 1. The highest BCUT2D eigenvalue weighted by Crippen LogP contribution is 2.40. The molecule has 0 spiro atoms. The van der Waals surface area contributed by atoms with Crippen LogP contribution in [0.3, 0.4) is 0 Å². The number of aliphatic hydroxyl groups is 2. The molecule has 7 rings (SSSR count). The number of hydrogen-bond acceptors (Lipinski definition) is 13. The molecule has 2 fully saturated rings. The number of hydrogen-bond donors (Lipinski definition) is 5. The predicted molar refractivity (Wildman–Crippen MR) is 185 cm³/mol. The zero-order valence-electron chi connectivity index (χ0n) is 27.9. The second kappa shape index (κ2) is 16.6. The van der Waals surface area contributed by atoms with Gasteiger partial charge < -0.3 is 40.0 Å². The number of carboxylic acid groups (broad SMARTS) is 1. The average molecular weight is 686 g/mol. The Kier molecular flexibility index (Phi) is 11.6. The lowest BCUT2D eigenvalue weighted by Crippen LogP contribution is -2.34. The van der Waals surface area contributed by atoms with Gasteiger partial charge in [0.1, 0.15) is 12.2 Å². The third kappa shape index (κ3) is 7.91. The quantitative estimate of drug-likeness (QED) is 0.119. The second-order valence-corrected chi connectivity index (χ2v) is 12.2. The summed E-state index contributed by atoms with van der Waals surface area (Å²) in [5, 5.41) is 44.0. The summed E-state index contributed by atoms with van der Waals surface area (Å²) >= 11 is 0. The summed E-state index contributed by atoms with van der Waals surface area (Å²) in [6, 6.07) is 20.7. The summed E-state index contributed by atoms with van der Waals surface area (Å²) in [7, 11) is 0. The van der Waals surface area contributed by atoms with Crippen LogP contribution in [-0.4, -0.2) is 101 Å². The van der Waals surface area contributed by atoms with E-state index < -0.39 is 24.5 Å². The van der Waals surface area contributed by atoms with Crippen molar-refractivity contribution in [2.24, 2.45) is 0 Å². The zero-order valence-corrected chi connectivity index (χ0v) is 27.9. The number of carbonyl (C=O) groups is 1. The molecule has 3 aromatic heterocycles. The third-order valence-electron chi connectivity index (χ3n) is 9.00. The molecule has 50 heavy (non-hydrogen) atoms. The van der Waals surface area contributed by atoms with E-state index in [0.717, 1.165) is 19.6 Å². The van der Waals surface area contributed by atoms with Gasteiger partial charge in [-0.25, -0.2) is 4.98 Å². The van der Waals surface area contributed by atoms with Crippen LogP contribution in [0.15, 0.2) is 71.4 Å².